The van der Waals surface area contributed by atoms with Gasteiger partial charge in [-0.3, -0.25) is 4.79 Å². The smallest absolute Gasteiger partial charge is 0.287 e. The SMILES string of the molecule is O=C(N/N=C\c1c2ccccc2cc2ccccc12)c1ccc[nH]1. The van der Waals surface area contributed by atoms with Gasteiger partial charge in [-0.1, -0.05) is 48.5 Å². The number of nitrogens with zero attached hydrogens (tertiary/aromatic N) is 1. The van der Waals surface area contributed by atoms with Gasteiger partial charge in [0.2, 0.25) is 0 Å². The number of hydrogen-bond donors (Lipinski definition) is 2. The van der Waals surface area contributed by atoms with Gasteiger partial charge in [0.1, 0.15) is 5.69 Å². The maximum absolute atomic E-state index is 12.0. The van der Waals surface area contributed by atoms with Crippen LogP contribution in [0.15, 0.2) is 78.0 Å². The van der Waals surface area contributed by atoms with E-state index in [0.717, 1.165) is 27.1 Å². The summed E-state index contributed by atoms with van der Waals surface area (Å²) in [7, 11) is 0. The van der Waals surface area contributed by atoms with Gasteiger partial charge >= 0.3 is 0 Å². The molecule has 4 rings (SSSR count). The summed E-state index contributed by atoms with van der Waals surface area (Å²) in [6.07, 6.45) is 3.42. The first-order valence-electron chi connectivity index (χ1n) is 7.70. The van der Waals surface area contributed by atoms with Gasteiger partial charge in [-0.15, -0.1) is 0 Å². The average molecular weight is 313 g/mol. The highest BCUT2D eigenvalue weighted by Gasteiger charge is 2.06. The minimum Gasteiger partial charge on any atom is -0.357 e. The quantitative estimate of drug-likeness (QED) is 0.334. The third kappa shape index (κ3) is 2.54. The first-order chi connectivity index (χ1) is 11.8. The van der Waals surface area contributed by atoms with Crippen LogP contribution in [-0.2, 0) is 0 Å². The Kier molecular flexibility index (Phi) is 3.56. The van der Waals surface area contributed by atoms with Gasteiger partial charge in [-0.2, -0.15) is 5.10 Å². The Hall–Kier alpha value is -3.40. The lowest BCUT2D eigenvalue weighted by Crippen LogP contribution is -2.17. The molecule has 4 nitrogen and oxygen atoms in total. The molecule has 4 heteroatoms. The summed E-state index contributed by atoms with van der Waals surface area (Å²) in [5, 5.41) is 8.66. The monoisotopic (exact) mass is 313 g/mol. The van der Waals surface area contributed by atoms with Gasteiger partial charge < -0.3 is 4.98 Å². The Balaban J connectivity index is 1.76. The maximum Gasteiger partial charge on any atom is 0.287 e. The molecule has 1 heterocycles. The number of H-pyrrole nitrogens is 1. The van der Waals surface area contributed by atoms with Gasteiger partial charge in [0, 0.05) is 11.8 Å². The van der Waals surface area contributed by atoms with E-state index in [9.17, 15) is 4.79 Å². The molecule has 0 fully saturated rings. The number of aromatic amines is 1. The summed E-state index contributed by atoms with van der Waals surface area (Å²) >= 11 is 0. The van der Waals surface area contributed by atoms with Crippen LogP contribution >= 0.6 is 0 Å². The number of hydrogen-bond acceptors (Lipinski definition) is 2. The summed E-state index contributed by atoms with van der Waals surface area (Å²) in [5.41, 5.74) is 4.04. The minimum absolute atomic E-state index is 0.263. The van der Waals surface area contributed by atoms with E-state index in [0.29, 0.717) is 5.69 Å². The van der Waals surface area contributed by atoms with Crippen LogP contribution in [0.5, 0.6) is 0 Å². The number of fused-ring (bicyclic) bond motifs is 2. The second-order valence-electron chi connectivity index (χ2n) is 5.52. The molecule has 1 amide bonds. The molecule has 4 aromatic rings. The van der Waals surface area contributed by atoms with E-state index in [2.05, 4.69) is 45.8 Å². The van der Waals surface area contributed by atoms with Crippen molar-refractivity contribution in [2.24, 2.45) is 5.10 Å². The highest BCUT2D eigenvalue weighted by atomic mass is 16.2. The predicted molar refractivity (Wildman–Crippen MR) is 97.3 cm³/mol. The van der Waals surface area contributed by atoms with Crippen LogP contribution in [0.2, 0.25) is 0 Å². The summed E-state index contributed by atoms with van der Waals surface area (Å²) < 4.78 is 0. The lowest BCUT2D eigenvalue weighted by atomic mass is 9.97. The number of rotatable bonds is 3. The fourth-order valence-corrected chi connectivity index (χ4v) is 2.88. The molecule has 116 valence electrons. The van der Waals surface area contributed by atoms with Gasteiger partial charge in [0.15, 0.2) is 0 Å². The zero-order valence-electron chi connectivity index (χ0n) is 12.9. The van der Waals surface area contributed by atoms with Gasteiger partial charge in [0.05, 0.1) is 6.21 Å². The molecule has 0 atom stereocenters. The van der Waals surface area contributed by atoms with Crippen molar-refractivity contribution in [2.75, 3.05) is 0 Å². The number of hydrazone groups is 1. The molecular formula is C20H15N3O. The van der Waals surface area contributed by atoms with Crippen LogP contribution in [0, 0.1) is 0 Å². The Morgan fingerprint density at radius 2 is 1.58 bits per heavy atom. The first-order valence-corrected chi connectivity index (χ1v) is 7.70. The van der Waals surface area contributed by atoms with Crippen LogP contribution in [0.3, 0.4) is 0 Å². The standard InChI is InChI=1S/C20H15N3O/c24-20(19-10-5-11-21-19)23-22-13-18-16-8-3-1-6-14(16)12-15-7-2-4-9-17(15)18/h1-13,21H,(H,23,24)/b22-13-. The van der Waals surface area contributed by atoms with E-state index in [4.69, 9.17) is 0 Å². The van der Waals surface area contributed by atoms with Crippen LogP contribution in [0.4, 0.5) is 0 Å². The van der Waals surface area contributed by atoms with Gasteiger partial charge in [-0.25, -0.2) is 5.43 Å². The van der Waals surface area contributed by atoms with Crippen molar-refractivity contribution in [1.82, 2.24) is 10.4 Å². The van der Waals surface area contributed by atoms with E-state index in [1.165, 1.54) is 0 Å². The number of carbonyl (C=O) groups excluding carboxylic acids is 1. The van der Waals surface area contributed by atoms with Crippen molar-refractivity contribution in [1.29, 1.82) is 0 Å². The molecule has 3 aromatic carbocycles. The normalized spacial score (nSPS) is 11.3. The number of aromatic nitrogens is 1. The number of benzene rings is 3. The number of carbonyl (C=O) groups is 1. The summed E-state index contributed by atoms with van der Waals surface area (Å²) in [6, 6.07) is 22.0. The zero-order valence-corrected chi connectivity index (χ0v) is 12.9. The lowest BCUT2D eigenvalue weighted by Gasteiger charge is -2.07. The second kappa shape index (κ2) is 6.01. The molecule has 0 unspecified atom stereocenters. The topological polar surface area (TPSA) is 57.2 Å². The van der Waals surface area contributed by atoms with Crippen molar-refractivity contribution >= 4 is 33.7 Å². The molecule has 0 aliphatic heterocycles. The van der Waals surface area contributed by atoms with Crippen LogP contribution in [0.1, 0.15) is 16.1 Å². The molecule has 1 aromatic heterocycles. The maximum atomic E-state index is 12.0. The first kappa shape index (κ1) is 14.2. The summed E-state index contributed by atoms with van der Waals surface area (Å²) in [5.74, 6) is -0.263. The third-order valence-corrected chi connectivity index (χ3v) is 4.02. The fourth-order valence-electron chi connectivity index (χ4n) is 2.88. The van der Waals surface area contributed by atoms with Crippen LogP contribution < -0.4 is 5.43 Å². The lowest BCUT2D eigenvalue weighted by molar-refractivity contribution is 0.0951. The van der Waals surface area contributed by atoms with E-state index in [1.807, 2.05) is 24.3 Å². The minimum atomic E-state index is -0.263. The molecule has 0 radical (unpaired) electrons. The van der Waals surface area contributed by atoms with Crippen molar-refractivity contribution in [3.8, 4) is 0 Å². The number of amides is 1. The second-order valence-corrected chi connectivity index (χ2v) is 5.52. The number of nitrogens with one attached hydrogen (secondary N) is 2. The Labute approximate surface area is 138 Å². The zero-order chi connectivity index (χ0) is 16.4. The van der Waals surface area contributed by atoms with Crippen molar-refractivity contribution in [3.63, 3.8) is 0 Å². The highest BCUT2D eigenvalue weighted by molar-refractivity contribution is 6.13. The van der Waals surface area contributed by atoms with E-state index in [-0.39, 0.29) is 5.91 Å². The van der Waals surface area contributed by atoms with Crippen molar-refractivity contribution in [3.05, 3.63) is 84.2 Å². The van der Waals surface area contributed by atoms with E-state index < -0.39 is 0 Å². The molecule has 24 heavy (non-hydrogen) atoms. The molecular weight excluding hydrogens is 298 g/mol. The molecule has 0 saturated heterocycles. The van der Waals surface area contributed by atoms with Crippen molar-refractivity contribution in [2.45, 2.75) is 0 Å². The molecule has 0 saturated carbocycles. The molecule has 0 aliphatic rings. The van der Waals surface area contributed by atoms with Crippen LogP contribution in [-0.4, -0.2) is 17.1 Å². The molecule has 0 bridgehead atoms. The average Bonchev–Trinajstić information content (AvgIpc) is 3.16. The molecule has 0 aliphatic carbocycles. The fraction of sp³-hybridized carbons (Fsp3) is 0. The van der Waals surface area contributed by atoms with Gasteiger partial charge in [0.25, 0.3) is 5.91 Å². The van der Waals surface area contributed by atoms with E-state index >= 15 is 0 Å². The Morgan fingerprint density at radius 1 is 0.917 bits per heavy atom. The largest absolute Gasteiger partial charge is 0.357 e. The van der Waals surface area contributed by atoms with Crippen molar-refractivity contribution < 1.29 is 4.79 Å². The Bertz CT molecular complexity index is 995. The third-order valence-electron chi connectivity index (χ3n) is 4.02. The summed E-state index contributed by atoms with van der Waals surface area (Å²) in [6.45, 7) is 0. The highest BCUT2D eigenvalue weighted by Crippen LogP contribution is 2.27. The molecule has 0 spiro atoms. The van der Waals surface area contributed by atoms with Gasteiger partial charge in [-0.05, 0) is 39.7 Å². The predicted octanol–water partition coefficient (Wildman–Crippen LogP) is 4.09. The molecule has 2 N–H and O–H groups in total. The van der Waals surface area contributed by atoms with Crippen LogP contribution in [0.25, 0.3) is 21.5 Å². The Morgan fingerprint density at radius 3 is 2.21 bits per heavy atom. The summed E-state index contributed by atoms with van der Waals surface area (Å²) in [4.78, 5) is 14.8. The van der Waals surface area contributed by atoms with E-state index in [1.54, 1.807) is 24.5 Å².